The van der Waals surface area contributed by atoms with Gasteiger partial charge in [-0.15, -0.1) is 0 Å². The zero-order valence-electron chi connectivity index (χ0n) is 9.68. The molecule has 2 aromatic carbocycles. The summed E-state index contributed by atoms with van der Waals surface area (Å²) in [5, 5.41) is 0. The summed E-state index contributed by atoms with van der Waals surface area (Å²) in [7, 11) is 0. The quantitative estimate of drug-likeness (QED) is 0.749. The summed E-state index contributed by atoms with van der Waals surface area (Å²) < 4.78 is 15.1. The van der Waals surface area contributed by atoms with Gasteiger partial charge in [0.25, 0.3) is 0 Å². The van der Waals surface area contributed by atoms with E-state index < -0.39 is 0 Å². The number of aromatic nitrogens is 2. The summed E-state index contributed by atoms with van der Waals surface area (Å²) in [4.78, 5) is 4.22. The zero-order valence-corrected chi connectivity index (χ0v) is 9.68. The molecule has 18 heavy (non-hydrogen) atoms. The van der Waals surface area contributed by atoms with Crippen LogP contribution in [0.3, 0.4) is 0 Å². The maximum atomic E-state index is 13.3. The number of fused-ring (bicyclic) bond motifs is 1. The van der Waals surface area contributed by atoms with Crippen LogP contribution in [-0.2, 0) is 6.54 Å². The van der Waals surface area contributed by atoms with Gasteiger partial charge in [-0.3, -0.25) is 0 Å². The van der Waals surface area contributed by atoms with Crippen molar-refractivity contribution < 1.29 is 4.39 Å². The van der Waals surface area contributed by atoms with Crippen LogP contribution in [0, 0.1) is 5.82 Å². The van der Waals surface area contributed by atoms with Crippen molar-refractivity contribution in [2.24, 2.45) is 0 Å². The normalized spacial score (nSPS) is 10.9. The van der Waals surface area contributed by atoms with Gasteiger partial charge in [-0.1, -0.05) is 30.3 Å². The van der Waals surface area contributed by atoms with Gasteiger partial charge in [0.2, 0.25) is 5.95 Å². The molecule has 0 atom stereocenters. The third kappa shape index (κ3) is 1.82. The first-order chi connectivity index (χ1) is 8.74. The molecule has 0 saturated heterocycles. The van der Waals surface area contributed by atoms with Crippen LogP contribution in [0.15, 0.2) is 48.5 Å². The Hall–Kier alpha value is -2.36. The van der Waals surface area contributed by atoms with E-state index in [-0.39, 0.29) is 5.82 Å². The summed E-state index contributed by atoms with van der Waals surface area (Å²) in [5.74, 6) is 0.121. The molecule has 3 nitrogen and oxygen atoms in total. The molecule has 90 valence electrons. The number of nitrogens with zero attached hydrogens (tertiary/aromatic N) is 2. The molecular formula is C14H12FN3. The smallest absolute Gasteiger partial charge is 0.201 e. The Morgan fingerprint density at radius 2 is 1.89 bits per heavy atom. The standard InChI is InChI=1S/C14H12FN3/c15-11-6-7-12-13(8-11)18(14(16)17-12)9-10-4-2-1-3-5-10/h1-8H,9H2,(H2,16,17). The summed E-state index contributed by atoms with van der Waals surface area (Å²) in [5.41, 5.74) is 8.42. The first-order valence-corrected chi connectivity index (χ1v) is 5.69. The fourth-order valence-corrected chi connectivity index (χ4v) is 2.05. The lowest BCUT2D eigenvalue weighted by atomic mass is 10.2. The highest BCUT2D eigenvalue weighted by Crippen LogP contribution is 2.20. The van der Waals surface area contributed by atoms with Crippen LogP contribution in [0.2, 0.25) is 0 Å². The lowest BCUT2D eigenvalue weighted by Crippen LogP contribution is -2.04. The molecule has 0 saturated carbocycles. The highest BCUT2D eigenvalue weighted by Gasteiger charge is 2.09. The Labute approximate surface area is 104 Å². The number of benzene rings is 2. The van der Waals surface area contributed by atoms with Gasteiger partial charge in [0.05, 0.1) is 17.6 Å². The molecule has 4 heteroatoms. The summed E-state index contributed by atoms with van der Waals surface area (Å²) in [6.45, 7) is 0.590. The SMILES string of the molecule is Nc1nc2ccc(F)cc2n1Cc1ccccc1. The molecule has 0 amide bonds. The number of anilines is 1. The minimum absolute atomic E-state index is 0.281. The highest BCUT2D eigenvalue weighted by molar-refractivity contribution is 5.78. The second-order valence-corrected chi connectivity index (χ2v) is 4.17. The maximum Gasteiger partial charge on any atom is 0.201 e. The van der Waals surface area contributed by atoms with Crippen LogP contribution in [-0.4, -0.2) is 9.55 Å². The van der Waals surface area contributed by atoms with Gasteiger partial charge in [-0.2, -0.15) is 0 Å². The topological polar surface area (TPSA) is 43.8 Å². The molecule has 1 aromatic heterocycles. The predicted molar refractivity (Wildman–Crippen MR) is 69.6 cm³/mol. The Morgan fingerprint density at radius 1 is 1.11 bits per heavy atom. The van der Waals surface area contributed by atoms with Crippen molar-refractivity contribution in [3.05, 3.63) is 59.9 Å². The van der Waals surface area contributed by atoms with Crippen molar-refractivity contribution in [1.82, 2.24) is 9.55 Å². The molecule has 0 aliphatic heterocycles. The van der Waals surface area contributed by atoms with Crippen LogP contribution in [0.4, 0.5) is 10.3 Å². The molecule has 3 rings (SSSR count). The molecule has 0 unspecified atom stereocenters. The monoisotopic (exact) mass is 241 g/mol. The van der Waals surface area contributed by atoms with Crippen molar-refractivity contribution in [2.45, 2.75) is 6.54 Å². The number of hydrogen-bond acceptors (Lipinski definition) is 2. The molecule has 2 N–H and O–H groups in total. The van der Waals surface area contributed by atoms with Crippen LogP contribution in [0.1, 0.15) is 5.56 Å². The molecule has 0 aliphatic carbocycles. The van der Waals surface area contributed by atoms with E-state index in [4.69, 9.17) is 5.73 Å². The number of rotatable bonds is 2. The maximum absolute atomic E-state index is 13.3. The molecule has 3 aromatic rings. The van der Waals surface area contributed by atoms with E-state index >= 15 is 0 Å². The predicted octanol–water partition coefficient (Wildman–Crippen LogP) is 2.81. The van der Waals surface area contributed by atoms with Crippen molar-refractivity contribution in [2.75, 3.05) is 5.73 Å². The molecule has 0 spiro atoms. The third-order valence-electron chi connectivity index (χ3n) is 2.92. The van der Waals surface area contributed by atoms with Crippen LogP contribution in [0.25, 0.3) is 11.0 Å². The zero-order chi connectivity index (χ0) is 12.5. The Kier molecular flexibility index (Phi) is 2.48. The fourth-order valence-electron chi connectivity index (χ4n) is 2.05. The number of halogens is 1. The first-order valence-electron chi connectivity index (χ1n) is 5.69. The lowest BCUT2D eigenvalue weighted by molar-refractivity contribution is 0.628. The lowest BCUT2D eigenvalue weighted by Gasteiger charge is -2.06. The molecule has 0 aliphatic rings. The highest BCUT2D eigenvalue weighted by atomic mass is 19.1. The van der Waals surface area contributed by atoms with E-state index in [9.17, 15) is 4.39 Å². The van der Waals surface area contributed by atoms with E-state index in [1.54, 1.807) is 6.07 Å². The van der Waals surface area contributed by atoms with E-state index in [2.05, 4.69) is 4.98 Å². The van der Waals surface area contributed by atoms with Crippen LogP contribution in [0.5, 0.6) is 0 Å². The largest absolute Gasteiger partial charge is 0.369 e. The van der Waals surface area contributed by atoms with Crippen LogP contribution < -0.4 is 5.73 Å². The van der Waals surface area contributed by atoms with E-state index in [1.807, 2.05) is 34.9 Å². The summed E-state index contributed by atoms with van der Waals surface area (Å²) in [6, 6.07) is 14.4. The molecule has 1 heterocycles. The number of imidazole rings is 1. The van der Waals surface area contributed by atoms with Gasteiger partial charge in [0.1, 0.15) is 5.82 Å². The van der Waals surface area contributed by atoms with Gasteiger partial charge in [-0.25, -0.2) is 9.37 Å². The second-order valence-electron chi connectivity index (χ2n) is 4.17. The average Bonchev–Trinajstić information content (AvgIpc) is 2.67. The minimum atomic E-state index is -0.281. The van der Waals surface area contributed by atoms with Crippen molar-refractivity contribution in [3.8, 4) is 0 Å². The molecule has 0 bridgehead atoms. The second kappa shape index (κ2) is 4.14. The average molecular weight is 241 g/mol. The summed E-state index contributed by atoms with van der Waals surface area (Å²) in [6.07, 6.45) is 0. The van der Waals surface area contributed by atoms with E-state index in [0.29, 0.717) is 18.0 Å². The first kappa shape index (κ1) is 10.8. The van der Waals surface area contributed by atoms with Crippen molar-refractivity contribution in [1.29, 1.82) is 0 Å². The Balaban J connectivity index is 2.11. The number of nitrogen functional groups attached to an aromatic ring is 1. The Bertz CT molecular complexity index is 689. The Morgan fingerprint density at radius 3 is 2.67 bits per heavy atom. The van der Waals surface area contributed by atoms with Crippen LogP contribution >= 0.6 is 0 Å². The molecular weight excluding hydrogens is 229 g/mol. The van der Waals surface area contributed by atoms with E-state index in [0.717, 1.165) is 11.1 Å². The number of hydrogen-bond donors (Lipinski definition) is 1. The molecule has 0 radical (unpaired) electrons. The van der Waals surface area contributed by atoms with Gasteiger partial charge < -0.3 is 10.3 Å². The van der Waals surface area contributed by atoms with Gasteiger partial charge in [0.15, 0.2) is 0 Å². The third-order valence-corrected chi connectivity index (χ3v) is 2.92. The number of nitrogens with two attached hydrogens (primary N) is 1. The van der Waals surface area contributed by atoms with Gasteiger partial charge in [-0.05, 0) is 23.8 Å². The van der Waals surface area contributed by atoms with E-state index in [1.165, 1.54) is 12.1 Å². The minimum Gasteiger partial charge on any atom is -0.369 e. The van der Waals surface area contributed by atoms with Crippen molar-refractivity contribution in [3.63, 3.8) is 0 Å². The molecule has 0 fully saturated rings. The fraction of sp³-hybridized carbons (Fsp3) is 0.0714. The van der Waals surface area contributed by atoms with Crippen molar-refractivity contribution >= 4 is 17.0 Å². The van der Waals surface area contributed by atoms with Gasteiger partial charge in [0, 0.05) is 0 Å². The van der Waals surface area contributed by atoms with Gasteiger partial charge >= 0.3 is 0 Å². The summed E-state index contributed by atoms with van der Waals surface area (Å²) >= 11 is 0.